The average molecular weight is 528 g/mol. The molecule has 35 heavy (non-hydrogen) atoms. The third-order valence-corrected chi connectivity index (χ3v) is 7.75. The molecule has 11 heteroatoms. The van der Waals surface area contributed by atoms with Crippen molar-refractivity contribution in [1.82, 2.24) is 24.6 Å². The molecular weight excluding hydrogens is 506 g/mol. The van der Waals surface area contributed by atoms with Crippen LogP contribution in [0.2, 0.25) is 5.02 Å². The Balaban J connectivity index is 1.29. The lowest BCUT2D eigenvalue weighted by Crippen LogP contribution is -2.55. The second-order valence-electron chi connectivity index (χ2n) is 8.05. The van der Waals surface area contributed by atoms with E-state index in [0.717, 1.165) is 10.6 Å². The summed E-state index contributed by atoms with van der Waals surface area (Å²) in [5.41, 5.74) is 0.776. The van der Waals surface area contributed by atoms with Crippen molar-refractivity contribution in [1.29, 1.82) is 0 Å². The Kier molecular flexibility index (Phi) is 6.94. The van der Waals surface area contributed by atoms with E-state index < -0.39 is 0 Å². The van der Waals surface area contributed by atoms with Gasteiger partial charge in [0.25, 0.3) is 5.91 Å². The Morgan fingerprint density at radius 1 is 1.17 bits per heavy atom. The van der Waals surface area contributed by atoms with E-state index in [9.17, 15) is 9.59 Å². The number of halogens is 1. The molecule has 0 spiro atoms. The van der Waals surface area contributed by atoms with E-state index in [4.69, 9.17) is 16.0 Å². The van der Waals surface area contributed by atoms with Gasteiger partial charge in [0.2, 0.25) is 11.7 Å². The van der Waals surface area contributed by atoms with Gasteiger partial charge >= 0.3 is 0 Å². The topological polar surface area (TPSA) is 84.5 Å². The van der Waals surface area contributed by atoms with Crippen LogP contribution >= 0.6 is 34.7 Å². The smallest absolute Gasteiger partial charge is 0.264 e. The summed E-state index contributed by atoms with van der Waals surface area (Å²) in [6.45, 7) is 3.48. The highest BCUT2D eigenvalue weighted by molar-refractivity contribution is 7.99. The van der Waals surface area contributed by atoms with E-state index in [-0.39, 0.29) is 23.6 Å². The minimum atomic E-state index is -0.0621. The number of amides is 2. The van der Waals surface area contributed by atoms with Gasteiger partial charge in [-0.25, -0.2) is 0 Å². The first-order valence-electron chi connectivity index (χ1n) is 11.0. The van der Waals surface area contributed by atoms with Crippen molar-refractivity contribution in [3.8, 4) is 17.3 Å². The van der Waals surface area contributed by atoms with Gasteiger partial charge in [-0.1, -0.05) is 35.5 Å². The number of aromatic nitrogens is 3. The molecule has 0 bridgehead atoms. The molecule has 1 saturated heterocycles. The van der Waals surface area contributed by atoms with Gasteiger partial charge in [-0.15, -0.1) is 21.5 Å². The van der Waals surface area contributed by atoms with E-state index in [1.54, 1.807) is 18.4 Å². The molecule has 1 aliphatic heterocycles. The highest BCUT2D eigenvalue weighted by atomic mass is 35.5. The second kappa shape index (κ2) is 10.3. The summed E-state index contributed by atoms with van der Waals surface area (Å²) >= 11 is 8.97. The summed E-state index contributed by atoms with van der Waals surface area (Å²) in [6.07, 6.45) is 1.58. The minimum absolute atomic E-state index is 0.00901. The van der Waals surface area contributed by atoms with E-state index in [2.05, 4.69) is 10.2 Å². The molecule has 5 rings (SSSR count). The molecule has 1 unspecified atom stereocenters. The van der Waals surface area contributed by atoms with Crippen LogP contribution in [0.25, 0.3) is 17.3 Å². The summed E-state index contributed by atoms with van der Waals surface area (Å²) < 4.78 is 7.38. The zero-order chi connectivity index (χ0) is 24.4. The van der Waals surface area contributed by atoms with Gasteiger partial charge in [-0.3, -0.25) is 14.2 Å². The number of carbonyl (C=O) groups excluding carboxylic acids is 2. The van der Waals surface area contributed by atoms with Crippen molar-refractivity contribution >= 4 is 46.5 Å². The molecule has 4 aromatic rings. The Bertz CT molecular complexity index is 1320. The summed E-state index contributed by atoms with van der Waals surface area (Å²) in [5, 5.41) is 11.7. The number of benzene rings is 1. The van der Waals surface area contributed by atoms with Gasteiger partial charge in [0, 0.05) is 30.7 Å². The van der Waals surface area contributed by atoms with Gasteiger partial charge in [-0.05, 0) is 48.7 Å². The SMILES string of the molecule is CC1CN(C(=O)CSc2nnc(-c3ccco3)n2-c2cccc(Cl)c2)CCN1C(=O)c1cccs1. The first-order chi connectivity index (χ1) is 17.0. The number of hydrogen-bond donors (Lipinski definition) is 0. The zero-order valence-corrected chi connectivity index (χ0v) is 21.2. The molecule has 4 heterocycles. The molecule has 1 aliphatic rings. The summed E-state index contributed by atoms with van der Waals surface area (Å²) in [6, 6.07) is 14.6. The fraction of sp³-hybridized carbons (Fsp3) is 0.250. The van der Waals surface area contributed by atoms with Gasteiger partial charge < -0.3 is 14.2 Å². The maximum Gasteiger partial charge on any atom is 0.264 e. The van der Waals surface area contributed by atoms with E-state index in [0.29, 0.717) is 41.4 Å². The highest BCUT2D eigenvalue weighted by Gasteiger charge is 2.31. The highest BCUT2D eigenvalue weighted by Crippen LogP contribution is 2.29. The second-order valence-corrected chi connectivity index (χ2v) is 10.4. The standard InChI is InChI=1S/C24H22ClN5O3S2/c1-16-14-28(9-10-29(16)23(32)20-8-4-12-34-20)21(31)15-35-24-27-26-22(19-7-3-11-33-19)30(24)18-6-2-5-17(25)13-18/h2-8,11-13,16H,9-10,14-15H2,1H3. The lowest BCUT2D eigenvalue weighted by atomic mass is 10.2. The molecule has 1 fully saturated rings. The molecule has 0 radical (unpaired) electrons. The number of nitrogens with zero attached hydrogens (tertiary/aromatic N) is 5. The monoisotopic (exact) mass is 527 g/mol. The summed E-state index contributed by atoms with van der Waals surface area (Å²) in [5.74, 6) is 1.31. The van der Waals surface area contributed by atoms with Crippen LogP contribution in [0.5, 0.6) is 0 Å². The number of piperazine rings is 1. The molecule has 180 valence electrons. The maximum absolute atomic E-state index is 13.1. The van der Waals surface area contributed by atoms with Crippen LogP contribution in [0.1, 0.15) is 16.6 Å². The van der Waals surface area contributed by atoms with Gasteiger partial charge in [0.1, 0.15) is 0 Å². The first-order valence-corrected chi connectivity index (χ1v) is 13.3. The van der Waals surface area contributed by atoms with Crippen molar-refractivity contribution in [3.63, 3.8) is 0 Å². The van der Waals surface area contributed by atoms with Crippen molar-refractivity contribution in [2.24, 2.45) is 0 Å². The predicted octanol–water partition coefficient (Wildman–Crippen LogP) is 4.71. The maximum atomic E-state index is 13.1. The van der Waals surface area contributed by atoms with Gasteiger partial charge in [-0.2, -0.15) is 0 Å². The number of carbonyl (C=O) groups is 2. The van der Waals surface area contributed by atoms with Crippen LogP contribution < -0.4 is 0 Å². The number of hydrogen-bond acceptors (Lipinski definition) is 7. The summed E-state index contributed by atoms with van der Waals surface area (Å²) in [4.78, 5) is 30.2. The fourth-order valence-electron chi connectivity index (χ4n) is 4.02. The Hall–Kier alpha value is -3.08. The van der Waals surface area contributed by atoms with Crippen LogP contribution in [-0.2, 0) is 4.79 Å². The normalized spacial score (nSPS) is 16.0. The number of rotatable bonds is 6. The Morgan fingerprint density at radius 2 is 2.06 bits per heavy atom. The van der Waals surface area contributed by atoms with Crippen molar-refractivity contribution < 1.29 is 14.0 Å². The fourth-order valence-corrected chi connectivity index (χ4v) is 5.74. The van der Waals surface area contributed by atoms with E-state index >= 15 is 0 Å². The van der Waals surface area contributed by atoms with Crippen molar-refractivity contribution in [2.75, 3.05) is 25.4 Å². The first kappa shape index (κ1) is 23.7. The van der Waals surface area contributed by atoms with Gasteiger partial charge in [0.05, 0.1) is 22.6 Å². The number of thioether (sulfide) groups is 1. The molecule has 2 amide bonds. The molecule has 1 aromatic carbocycles. The molecule has 1 atom stereocenters. The lowest BCUT2D eigenvalue weighted by molar-refractivity contribution is -0.130. The van der Waals surface area contributed by atoms with Crippen LogP contribution in [0.4, 0.5) is 0 Å². The van der Waals surface area contributed by atoms with E-state index in [1.165, 1.54) is 23.1 Å². The predicted molar refractivity (Wildman–Crippen MR) is 136 cm³/mol. The quantitative estimate of drug-likeness (QED) is 0.338. The van der Waals surface area contributed by atoms with Crippen LogP contribution in [-0.4, -0.2) is 67.8 Å². The van der Waals surface area contributed by atoms with Crippen LogP contribution in [0, 0.1) is 0 Å². The molecule has 0 aliphatic carbocycles. The van der Waals surface area contributed by atoms with Gasteiger partial charge in [0.15, 0.2) is 10.9 Å². The Morgan fingerprint density at radius 3 is 2.77 bits per heavy atom. The number of thiophene rings is 1. The third kappa shape index (κ3) is 5.00. The molecule has 3 aromatic heterocycles. The minimum Gasteiger partial charge on any atom is -0.461 e. The zero-order valence-electron chi connectivity index (χ0n) is 18.8. The van der Waals surface area contributed by atoms with Crippen molar-refractivity contribution in [2.45, 2.75) is 18.1 Å². The Labute approximate surface area is 215 Å². The third-order valence-electron chi connectivity index (χ3n) is 5.74. The van der Waals surface area contributed by atoms with Crippen molar-refractivity contribution in [3.05, 3.63) is 70.1 Å². The molecule has 8 nitrogen and oxygen atoms in total. The van der Waals surface area contributed by atoms with Crippen LogP contribution in [0.3, 0.4) is 0 Å². The van der Waals surface area contributed by atoms with Crippen LogP contribution in [0.15, 0.2) is 69.7 Å². The lowest BCUT2D eigenvalue weighted by Gasteiger charge is -2.39. The molecule has 0 saturated carbocycles. The number of furan rings is 1. The molecular formula is C24H22ClN5O3S2. The largest absolute Gasteiger partial charge is 0.461 e. The van der Waals surface area contributed by atoms with E-state index in [1.807, 2.05) is 63.1 Å². The summed E-state index contributed by atoms with van der Waals surface area (Å²) in [7, 11) is 0. The average Bonchev–Trinajstić information content (AvgIpc) is 3.63. The molecule has 0 N–H and O–H groups in total.